The second-order valence-electron chi connectivity index (χ2n) is 11.7. The Balaban J connectivity index is 1.24. The minimum Gasteiger partial charge on any atom is -0.407 e. The molecular weight excluding hydrogens is 326 g/mol. The molecule has 0 N–H and O–H groups in total. The Bertz CT molecular complexity index is 612. The van der Waals surface area contributed by atoms with Crippen LogP contribution in [0.25, 0.3) is 0 Å². The summed E-state index contributed by atoms with van der Waals surface area (Å²) in [4.78, 5) is 0. The molecule has 6 aliphatic carbocycles. The highest BCUT2D eigenvalue weighted by molar-refractivity contribution is 7.11. The Labute approximate surface area is 158 Å². The van der Waals surface area contributed by atoms with Crippen molar-refractivity contribution in [3.05, 3.63) is 0 Å². The van der Waals surface area contributed by atoms with E-state index in [-0.39, 0.29) is 37.4 Å². The highest BCUT2D eigenvalue weighted by atomic mass is 16.7. The van der Waals surface area contributed by atoms with Crippen molar-refractivity contribution in [3.63, 3.8) is 0 Å². The molecule has 4 bridgehead atoms. The molecule has 0 aromatic rings. The van der Waals surface area contributed by atoms with E-state index in [4.69, 9.17) is 18.6 Å². The molecule has 8 rings (SSSR count). The van der Waals surface area contributed by atoms with Crippen molar-refractivity contribution < 1.29 is 18.6 Å². The first-order valence-electron chi connectivity index (χ1n) is 10.7. The molecule has 8 aliphatic rings. The normalized spacial score (nSPS) is 57.9. The van der Waals surface area contributed by atoms with Crippen LogP contribution >= 0.6 is 0 Å². The summed E-state index contributed by atoms with van der Waals surface area (Å²) < 4.78 is 26.1. The first-order valence-corrected chi connectivity index (χ1v) is 10.7. The Morgan fingerprint density at radius 1 is 0.615 bits per heavy atom. The minimum atomic E-state index is -0.372. The van der Waals surface area contributed by atoms with E-state index in [0.29, 0.717) is 22.7 Å². The van der Waals surface area contributed by atoms with E-state index in [1.165, 1.54) is 12.8 Å². The van der Waals surface area contributed by atoms with Gasteiger partial charge in [-0.3, -0.25) is 0 Å². The standard InChI is InChI=1S/C20H32B2O4/c1-17(2)11-7-13(17)19(5)15(9-11)23-21(25-19)22-24-16-10-12-8-14(18(12,3)4)20(16,6)26-22/h11-16H,7-10H2,1-6H3/t11?,12?,13?,14?,15-,16-,19+,20+/m0/s1. The predicted molar refractivity (Wildman–Crippen MR) is 100 cm³/mol. The van der Waals surface area contributed by atoms with Gasteiger partial charge in [-0.2, -0.15) is 0 Å². The van der Waals surface area contributed by atoms with Crippen LogP contribution in [0.1, 0.15) is 67.2 Å². The van der Waals surface area contributed by atoms with E-state index in [1.54, 1.807) is 0 Å². The highest BCUT2D eigenvalue weighted by Crippen LogP contribution is 2.67. The first-order chi connectivity index (χ1) is 12.1. The van der Waals surface area contributed by atoms with Crippen LogP contribution < -0.4 is 0 Å². The van der Waals surface area contributed by atoms with Gasteiger partial charge in [0.15, 0.2) is 0 Å². The Kier molecular flexibility index (Phi) is 2.97. The monoisotopic (exact) mass is 358 g/mol. The second kappa shape index (κ2) is 4.58. The van der Waals surface area contributed by atoms with E-state index in [0.717, 1.165) is 24.7 Å². The highest BCUT2D eigenvalue weighted by Gasteiger charge is 2.73. The maximum absolute atomic E-state index is 6.60. The lowest BCUT2D eigenvalue weighted by atomic mass is 9.43. The molecule has 2 saturated heterocycles. The molecule has 0 aromatic heterocycles. The third-order valence-corrected chi connectivity index (χ3v) is 10.2. The van der Waals surface area contributed by atoms with Crippen LogP contribution in [0.2, 0.25) is 0 Å². The van der Waals surface area contributed by atoms with Crippen LogP contribution in [0.5, 0.6) is 0 Å². The average molecular weight is 358 g/mol. The lowest BCUT2D eigenvalue weighted by Gasteiger charge is -2.64. The van der Waals surface area contributed by atoms with Gasteiger partial charge in [0.1, 0.15) is 0 Å². The van der Waals surface area contributed by atoms with Gasteiger partial charge in [-0.1, -0.05) is 27.7 Å². The van der Waals surface area contributed by atoms with Crippen LogP contribution in [0, 0.1) is 34.5 Å². The number of hydrogen-bond acceptors (Lipinski definition) is 4. The maximum atomic E-state index is 6.60. The summed E-state index contributed by atoms with van der Waals surface area (Å²) >= 11 is 0. The summed E-state index contributed by atoms with van der Waals surface area (Å²) in [5, 5.41) is 0. The van der Waals surface area contributed by atoms with Crippen molar-refractivity contribution in [1.82, 2.24) is 0 Å². The van der Waals surface area contributed by atoms with Crippen molar-refractivity contribution in [3.8, 4) is 0 Å². The van der Waals surface area contributed by atoms with Crippen LogP contribution in [0.15, 0.2) is 0 Å². The summed E-state index contributed by atoms with van der Waals surface area (Å²) in [5.74, 6) is 2.70. The molecule has 4 unspecified atom stereocenters. The zero-order chi connectivity index (χ0) is 18.3. The van der Waals surface area contributed by atoms with Crippen molar-refractivity contribution in [2.75, 3.05) is 0 Å². The van der Waals surface area contributed by atoms with Gasteiger partial charge in [0.25, 0.3) is 0 Å². The molecule has 26 heavy (non-hydrogen) atoms. The second-order valence-corrected chi connectivity index (χ2v) is 11.7. The van der Waals surface area contributed by atoms with E-state index in [2.05, 4.69) is 41.5 Å². The molecule has 142 valence electrons. The molecule has 4 nitrogen and oxygen atoms in total. The van der Waals surface area contributed by atoms with E-state index in [1.807, 2.05) is 0 Å². The summed E-state index contributed by atoms with van der Waals surface area (Å²) in [5.41, 5.74) is 0.357. The van der Waals surface area contributed by atoms with Crippen LogP contribution in [-0.4, -0.2) is 37.4 Å². The van der Waals surface area contributed by atoms with Crippen LogP contribution in [0.4, 0.5) is 0 Å². The van der Waals surface area contributed by atoms with Gasteiger partial charge in [-0.15, -0.1) is 0 Å². The maximum Gasteiger partial charge on any atom is 0.488 e. The molecular formula is C20H32B2O4. The lowest BCUT2D eigenvalue weighted by Crippen LogP contribution is -2.65. The van der Waals surface area contributed by atoms with Crippen LogP contribution in [0.3, 0.4) is 0 Å². The Hall–Kier alpha value is -0.0301. The Morgan fingerprint density at radius 3 is 1.35 bits per heavy atom. The van der Waals surface area contributed by atoms with Gasteiger partial charge in [0.2, 0.25) is 0 Å². The topological polar surface area (TPSA) is 36.9 Å². The third kappa shape index (κ3) is 1.71. The number of rotatable bonds is 1. The molecule has 2 heterocycles. The van der Waals surface area contributed by atoms with Crippen molar-refractivity contribution in [1.29, 1.82) is 0 Å². The largest absolute Gasteiger partial charge is 0.488 e. The smallest absolute Gasteiger partial charge is 0.407 e. The first kappa shape index (κ1) is 16.9. The van der Waals surface area contributed by atoms with E-state index in [9.17, 15) is 0 Å². The molecule has 8 atom stereocenters. The summed E-state index contributed by atoms with van der Waals surface area (Å²) in [6.45, 7) is 14.1. The van der Waals surface area contributed by atoms with Gasteiger partial charge < -0.3 is 18.6 Å². The van der Waals surface area contributed by atoms with E-state index >= 15 is 0 Å². The summed E-state index contributed by atoms with van der Waals surface area (Å²) in [7, 11) is -0.745. The molecule has 0 spiro atoms. The minimum absolute atomic E-state index is 0.189. The lowest BCUT2D eigenvalue weighted by molar-refractivity contribution is -0.200. The van der Waals surface area contributed by atoms with Crippen LogP contribution in [-0.2, 0) is 18.6 Å². The molecule has 6 saturated carbocycles. The zero-order valence-corrected chi connectivity index (χ0v) is 17.1. The summed E-state index contributed by atoms with van der Waals surface area (Å²) in [6, 6.07) is 0. The average Bonchev–Trinajstić information content (AvgIpc) is 3.09. The van der Waals surface area contributed by atoms with Crippen molar-refractivity contribution in [2.24, 2.45) is 34.5 Å². The molecule has 0 radical (unpaired) electrons. The number of hydrogen-bond donors (Lipinski definition) is 0. The molecule has 0 amide bonds. The van der Waals surface area contributed by atoms with Gasteiger partial charge in [-0.05, 0) is 74.0 Å². The van der Waals surface area contributed by atoms with Crippen molar-refractivity contribution in [2.45, 2.75) is 90.6 Å². The van der Waals surface area contributed by atoms with Crippen molar-refractivity contribution >= 4 is 14.0 Å². The van der Waals surface area contributed by atoms with Gasteiger partial charge in [0.05, 0.1) is 23.4 Å². The fraction of sp³-hybridized carbons (Fsp3) is 1.00. The van der Waals surface area contributed by atoms with Gasteiger partial charge >= 0.3 is 14.0 Å². The molecule has 0 aromatic carbocycles. The third-order valence-electron chi connectivity index (χ3n) is 10.2. The molecule has 2 aliphatic heterocycles. The Morgan fingerprint density at radius 2 is 1.00 bits per heavy atom. The van der Waals surface area contributed by atoms with Gasteiger partial charge in [-0.25, -0.2) is 0 Å². The van der Waals surface area contributed by atoms with E-state index < -0.39 is 0 Å². The zero-order valence-electron chi connectivity index (χ0n) is 17.1. The summed E-state index contributed by atoms with van der Waals surface area (Å²) in [6.07, 6.45) is 5.17. The quantitative estimate of drug-likeness (QED) is 0.673. The fourth-order valence-electron chi connectivity index (χ4n) is 8.03. The SMILES string of the molecule is CC1(C)C2CC1[C@@]1(C)OB(B3O[C@H]4CC5CC(C5(C)C)[C@@]4(C)O3)O[C@H]1C2. The van der Waals surface area contributed by atoms with Gasteiger partial charge in [0, 0.05) is 0 Å². The molecule has 8 fully saturated rings. The fourth-order valence-corrected chi connectivity index (χ4v) is 8.03. The molecule has 6 heteroatoms. The predicted octanol–water partition coefficient (Wildman–Crippen LogP) is 3.52.